The van der Waals surface area contributed by atoms with Crippen LogP contribution in [-0.2, 0) is 0 Å². The minimum atomic E-state index is -0.698. The number of nitrogens with zero attached hydrogens (tertiary/aromatic N) is 2. The zero-order valence-corrected chi connectivity index (χ0v) is 14.4. The van der Waals surface area contributed by atoms with Crippen LogP contribution in [0, 0.1) is 5.82 Å². The van der Waals surface area contributed by atoms with Crippen LogP contribution in [0.3, 0.4) is 0 Å². The van der Waals surface area contributed by atoms with Gasteiger partial charge in [-0.2, -0.15) is 0 Å². The van der Waals surface area contributed by atoms with E-state index in [9.17, 15) is 9.18 Å². The van der Waals surface area contributed by atoms with Crippen molar-refractivity contribution in [2.75, 3.05) is 5.32 Å². The van der Waals surface area contributed by atoms with Crippen LogP contribution >= 0.6 is 0 Å². The fraction of sp³-hybridized carbons (Fsp3) is 0. The summed E-state index contributed by atoms with van der Waals surface area (Å²) in [5.74, 6) is -0.600. The molecule has 9 heteroatoms. The molecule has 0 aliphatic carbocycles. The molecule has 2 radical (unpaired) electrons. The summed E-state index contributed by atoms with van der Waals surface area (Å²) < 4.78 is 20.3. The number of benzene rings is 1. The van der Waals surface area contributed by atoms with E-state index < -0.39 is 11.7 Å². The second-order valence-corrected chi connectivity index (χ2v) is 5.95. The number of amides is 1. The number of H-pyrrole nitrogens is 1. The number of nitrogens with two attached hydrogens (primary N) is 1. The van der Waals surface area contributed by atoms with Gasteiger partial charge >= 0.3 is 0 Å². The molecule has 1 aromatic carbocycles. The quantitative estimate of drug-likeness (QED) is 0.466. The predicted octanol–water partition coefficient (Wildman–Crippen LogP) is 2.53. The summed E-state index contributed by atoms with van der Waals surface area (Å²) in [4.78, 5) is 22.7. The third-order valence-electron chi connectivity index (χ3n) is 4.01. The lowest BCUT2D eigenvalue weighted by atomic mass is 9.96. The maximum atomic E-state index is 14.6. The van der Waals surface area contributed by atoms with Crippen molar-refractivity contribution in [2.45, 2.75) is 0 Å². The van der Waals surface area contributed by atoms with Crippen molar-refractivity contribution < 1.29 is 13.9 Å². The van der Waals surface area contributed by atoms with Gasteiger partial charge in [0, 0.05) is 30.3 Å². The van der Waals surface area contributed by atoms with Crippen LogP contribution in [0.2, 0.25) is 0 Å². The second-order valence-electron chi connectivity index (χ2n) is 5.95. The Balaban J connectivity index is 1.60. The Bertz CT molecular complexity index is 1190. The van der Waals surface area contributed by atoms with Gasteiger partial charge in [-0.25, -0.2) is 14.4 Å². The van der Waals surface area contributed by atoms with E-state index in [2.05, 4.69) is 20.3 Å². The minimum absolute atomic E-state index is 0.0413. The van der Waals surface area contributed by atoms with Crippen LogP contribution in [0.1, 0.15) is 10.4 Å². The number of nitrogens with one attached hydrogen (secondary N) is 2. The normalized spacial score (nSPS) is 10.8. The molecular formula is C19H13BFN5O2. The third-order valence-corrected chi connectivity index (χ3v) is 4.01. The molecule has 1 amide bonds. The average Bonchev–Trinajstić information content (AvgIpc) is 3.15. The minimum Gasteiger partial charge on any atom is -0.453 e. The Morgan fingerprint density at radius 3 is 2.82 bits per heavy atom. The molecule has 4 rings (SSSR count). The van der Waals surface area contributed by atoms with Crippen LogP contribution in [0.4, 0.5) is 15.9 Å². The summed E-state index contributed by atoms with van der Waals surface area (Å²) in [6.07, 6.45) is 4.66. The number of fused-ring (bicyclic) bond motifs is 1. The van der Waals surface area contributed by atoms with Gasteiger partial charge in [0.25, 0.3) is 5.91 Å². The largest absolute Gasteiger partial charge is 0.453 e. The van der Waals surface area contributed by atoms with Crippen LogP contribution in [0.15, 0.2) is 55.0 Å². The number of carbonyl (C=O) groups is 1. The summed E-state index contributed by atoms with van der Waals surface area (Å²) in [5, 5.41) is 3.60. The van der Waals surface area contributed by atoms with E-state index in [0.717, 1.165) is 5.39 Å². The molecule has 0 spiro atoms. The van der Waals surface area contributed by atoms with Crippen molar-refractivity contribution in [1.29, 1.82) is 0 Å². The topological polar surface area (TPSA) is 106 Å². The Kier molecular flexibility index (Phi) is 4.40. The van der Waals surface area contributed by atoms with E-state index in [0.29, 0.717) is 22.5 Å². The molecule has 0 unspecified atom stereocenters. The summed E-state index contributed by atoms with van der Waals surface area (Å²) >= 11 is 0. The number of pyridine rings is 2. The molecule has 0 aliphatic heterocycles. The molecule has 0 atom stereocenters. The number of primary amides is 1. The number of anilines is 2. The Hall–Kier alpha value is -3.88. The maximum Gasteiger partial charge on any atom is 0.252 e. The molecule has 7 nitrogen and oxygen atoms in total. The number of halogens is 1. The lowest BCUT2D eigenvalue weighted by molar-refractivity contribution is 0.100. The van der Waals surface area contributed by atoms with E-state index in [1.54, 1.807) is 30.6 Å². The average molecular weight is 373 g/mol. The lowest BCUT2D eigenvalue weighted by Crippen LogP contribution is -2.18. The molecule has 3 heterocycles. The highest BCUT2D eigenvalue weighted by Gasteiger charge is 2.13. The van der Waals surface area contributed by atoms with Crippen LogP contribution in [0.5, 0.6) is 11.5 Å². The first kappa shape index (κ1) is 17.5. The van der Waals surface area contributed by atoms with E-state index in [1.165, 1.54) is 24.4 Å². The van der Waals surface area contributed by atoms with Crippen molar-refractivity contribution in [3.63, 3.8) is 0 Å². The highest BCUT2D eigenvalue weighted by atomic mass is 19.1. The first-order valence-electron chi connectivity index (χ1n) is 8.23. The predicted molar refractivity (Wildman–Crippen MR) is 104 cm³/mol. The summed E-state index contributed by atoms with van der Waals surface area (Å²) in [7, 11) is 5.63. The molecule has 0 aliphatic rings. The molecule has 4 aromatic rings. The van der Waals surface area contributed by atoms with Crippen molar-refractivity contribution >= 4 is 41.8 Å². The van der Waals surface area contributed by atoms with Gasteiger partial charge < -0.3 is 20.8 Å². The molecular weight excluding hydrogens is 360 g/mol. The molecule has 4 N–H and O–H groups in total. The van der Waals surface area contributed by atoms with Crippen LogP contribution in [0.25, 0.3) is 11.0 Å². The maximum absolute atomic E-state index is 14.6. The number of aromatic amines is 1. The van der Waals surface area contributed by atoms with Gasteiger partial charge in [0.05, 0.1) is 10.9 Å². The van der Waals surface area contributed by atoms with Crippen molar-refractivity contribution in [3.8, 4) is 11.5 Å². The zero-order valence-electron chi connectivity index (χ0n) is 14.4. The van der Waals surface area contributed by atoms with E-state index in [4.69, 9.17) is 18.3 Å². The Morgan fingerprint density at radius 1 is 1.18 bits per heavy atom. The van der Waals surface area contributed by atoms with Gasteiger partial charge in [-0.3, -0.25) is 4.79 Å². The molecule has 0 saturated heterocycles. The number of rotatable bonds is 5. The van der Waals surface area contributed by atoms with E-state index in [-0.39, 0.29) is 17.1 Å². The standard InChI is InChI=1S/C19H13BFN5O2/c20-10-7-13(17(22)27)19(25-9-10)26-11-1-2-16(14(21)8-11)28-15-4-6-24-18-12(15)3-5-23-18/h1-9H,(H2,22,27)(H,23,24)(H,25,26). The van der Waals surface area contributed by atoms with Gasteiger partial charge in [0.1, 0.15) is 25.1 Å². The Labute approximate surface area is 160 Å². The molecule has 0 saturated carbocycles. The van der Waals surface area contributed by atoms with Gasteiger partial charge in [0.2, 0.25) is 0 Å². The highest BCUT2D eigenvalue weighted by molar-refractivity contribution is 6.32. The zero-order chi connectivity index (χ0) is 19.7. The fourth-order valence-electron chi connectivity index (χ4n) is 2.71. The van der Waals surface area contributed by atoms with Crippen molar-refractivity contribution in [3.05, 3.63) is 66.4 Å². The van der Waals surface area contributed by atoms with Crippen molar-refractivity contribution in [2.24, 2.45) is 5.73 Å². The summed E-state index contributed by atoms with van der Waals surface area (Å²) in [5.41, 5.74) is 6.75. The molecule has 0 fully saturated rings. The first-order chi connectivity index (χ1) is 13.5. The molecule has 3 aromatic heterocycles. The summed E-state index contributed by atoms with van der Waals surface area (Å²) in [6.45, 7) is 0. The number of aromatic nitrogens is 3. The second kappa shape index (κ2) is 7.03. The number of ether oxygens (including phenoxy) is 1. The van der Waals surface area contributed by atoms with Gasteiger partial charge in [-0.1, -0.05) is 11.5 Å². The van der Waals surface area contributed by atoms with Crippen LogP contribution < -0.4 is 21.3 Å². The molecule has 28 heavy (non-hydrogen) atoms. The van der Waals surface area contributed by atoms with E-state index in [1.807, 2.05) is 0 Å². The van der Waals surface area contributed by atoms with E-state index >= 15 is 0 Å². The monoisotopic (exact) mass is 373 g/mol. The smallest absolute Gasteiger partial charge is 0.252 e. The molecule has 0 bridgehead atoms. The van der Waals surface area contributed by atoms with Crippen LogP contribution in [-0.4, -0.2) is 28.7 Å². The first-order valence-corrected chi connectivity index (χ1v) is 8.23. The lowest BCUT2D eigenvalue weighted by Gasteiger charge is -2.12. The molecule has 136 valence electrons. The SMILES string of the molecule is [B]c1cnc(Nc2ccc(Oc3ccnc4[nH]ccc34)c(F)c2)c(C(N)=O)c1. The fourth-order valence-corrected chi connectivity index (χ4v) is 2.71. The number of hydrogen-bond donors (Lipinski definition) is 3. The highest BCUT2D eigenvalue weighted by Crippen LogP contribution is 2.31. The Morgan fingerprint density at radius 2 is 2.04 bits per heavy atom. The van der Waals surface area contributed by atoms with Gasteiger partial charge in [-0.05, 0) is 24.3 Å². The van der Waals surface area contributed by atoms with Gasteiger partial charge in [0.15, 0.2) is 11.6 Å². The number of hydrogen-bond acceptors (Lipinski definition) is 5. The van der Waals surface area contributed by atoms with Crippen molar-refractivity contribution in [1.82, 2.24) is 15.0 Å². The number of carbonyl (C=O) groups excluding carboxylic acids is 1. The summed E-state index contributed by atoms with van der Waals surface area (Å²) in [6, 6.07) is 9.14. The third kappa shape index (κ3) is 3.37. The van der Waals surface area contributed by atoms with Gasteiger partial charge in [-0.15, -0.1) is 0 Å².